The van der Waals surface area contributed by atoms with Crippen LogP contribution in [0, 0.1) is 5.92 Å². The third kappa shape index (κ3) is 4.04. The molecule has 0 N–H and O–H groups in total. The molecule has 0 fully saturated rings. The second-order valence-electron chi connectivity index (χ2n) is 1.54. The first-order valence-corrected chi connectivity index (χ1v) is 2.14. The number of carbonyl (C=O) groups excluding carboxylic acids is 2. The average Bonchev–Trinajstić information content (AvgIpc) is 1.65. The molecule has 1 atom stereocenters. The van der Waals surface area contributed by atoms with E-state index >= 15 is 0 Å². The Morgan fingerprint density at radius 1 is 1.62 bits per heavy atom. The molecule has 1 unspecified atom stereocenters. The predicted octanol–water partition coefficient (Wildman–Crippen LogP) is 0.408. The SMILES string of the molecule is CC(=O)C(C)C=O.[Cr]. The largest absolute Gasteiger partial charge is 0.303 e. The summed E-state index contributed by atoms with van der Waals surface area (Å²) in [6.07, 6.45) is 0.641. The van der Waals surface area contributed by atoms with Crippen molar-refractivity contribution in [3.05, 3.63) is 0 Å². The first-order valence-electron chi connectivity index (χ1n) is 2.14. The number of hydrogen-bond acceptors (Lipinski definition) is 2. The van der Waals surface area contributed by atoms with E-state index in [2.05, 4.69) is 0 Å². The van der Waals surface area contributed by atoms with Crippen LogP contribution in [0.3, 0.4) is 0 Å². The maximum atomic E-state index is 10.1. The fourth-order valence-electron chi connectivity index (χ4n) is 0.0958. The van der Waals surface area contributed by atoms with Crippen molar-refractivity contribution in [1.82, 2.24) is 0 Å². The van der Waals surface area contributed by atoms with Crippen LogP contribution >= 0.6 is 0 Å². The summed E-state index contributed by atoms with van der Waals surface area (Å²) in [4.78, 5) is 19.9. The minimum absolute atomic E-state index is 0. The third-order valence-corrected chi connectivity index (χ3v) is 0.845. The molecule has 0 saturated carbocycles. The monoisotopic (exact) mass is 152 g/mol. The molecule has 0 bridgehead atoms. The minimum atomic E-state index is -0.417. The Kier molecular flexibility index (Phi) is 6.76. The molecule has 0 saturated heterocycles. The van der Waals surface area contributed by atoms with E-state index in [4.69, 9.17) is 0 Å². The summed E-state index contributed by atoms with van der Waals surface area (Å²) >= 11 is 0. The number of Topliss-reactive ketones (excluding diaryl/α,β-unsaturated/α-hetero) is 1. The first kappa shape index (κ1) is 10.8. The Morgan fingerprint density at radius 3 is 2.00 bits per heavy atom. The molecule has 8 heavy (non-hydrogen) atoms. The Morgan fingerprint density at radius 2 is 2.00 bits per heavy atom. The maximum Gasteiger partial charge on any atom is 0.139 e. The standard InChI is InChI=1S/C5H8O2.Cr/c1-4(3-6)5(2)7;/h3-4H,1-2H3;. The van der Waals surface area contributed by atoms with Crippen molar-refractivity contribution in [2.45, 2.75) is 13.8 Å². The number of carbonyl (C=O) groups is 2. The van der Waals surface area contributed by atoms with E-state index in [0.717, 1.165) is 0 Å². The van der Waals surface area contributed by atoms with E-state index in [1.807, 2.05) is 0 Å². The molecule has 0 aliphatic carbocycles. The third-order valence-electron chi connectivity index (χ3n) is 0.845. The smallest absolute Gasteiger partial charge is 0.139 e. The average molecular weight is 152 g/mol. The molecule has 46 valence electrons. The van der Waals surface area contributed by atoms with Gasteiger partial charge in [-0.15, -0.1) is 0 Å². The van der Waals surface area contributed by atoms with Crippen LogP contribution in [0.5, 0.6) is 0 Å². The Hall–Kier alpha value is -0.128. The molecule has 0 aromatic rings. The number of hydrogen-bond donors (Lipinski definition) is 0. The van der Waals surface area contributed by atoms with E-state index in [9.17, 15) is 9.59 Å². The van der Waals surface area contributed by atoms with Crippen molar-refractivity contribution in [2.24, 2.45) is 5.92 Å². The molecule has 0 radical (unpaired) electrons. The van der Waals surface area contributed by atoms with Gasteiger partial charge in [0.15, 0.2) is 0 Å². The van der Waals surface area contributed by atoms with Gasteiger partial charge in [-0.3, -0.25) is 4.79 Å². The maximum absolute atomic E-state index is 10.1. The fraction of sp³-hybridized carbons (Fsp3) is 0.600. The minimum Gasteiger partial charge on any atom is -0.303 e. The van der Waals surface area contributed by atoms with Gasteiger partial charge in [0, 0.05) is 17.4 Å². The van der Waals surface area contributed by atoms with Gasteiger partial charge in [-0.2, -0.15) is 0 Å². The Labute approximate surface area is 59.4 Å². The van der Waals surface area contributed by atoms with E-state index < -0.39 is 5.92 Å². The molecule has 0 heterocycles. The predicted molar refractivity (Wildman–Crippen MR) is 25.9 cm³/mol. The van der Waals surface area contributed by atoms with E-state index in [1.165, 1.54) is 6.92 Å². The van der Waals surface area contributed by atoms with Gasteiger partial charge in [0.1, 0.15) is 12.1 Å². The Bertz CT molecular complexity index is 90.4. The molecular weight excluding hydrogens is 144 g/mol. The van der Waals surface area contributed by atoms with Crippen LogP contribution in [-0.2, 0) is 27.0 Å². The second kappa shape index (κ2) is 5.02. The van der Waals surface area contributed by atoms with Crippen molar-refractivity contribution in [1.29, 1.82) is 0 Å². The quantitative estimate of drug-likeness (QED) is 0.424. The van der Waals surface area contributed by atoms with Crippen molar-refractivity contribution in [2.75, 3.05) is 0 Å². The fourth-order valence-corrected chi connectivity index (χ4v) is 0.0958. The topological polar surface area (TPSA) is 34.1 Å². The molecule has 0 aromatic heterocycles. The van der Waals surface area contributed by atoms with Crippen molar-refractivity contribution in [3.63, 3.8) is 0 Å². The number of rotatable bonds is 2. The summed E-state index contributed by atoms with van der Waals surface area (Å²) in [6, 6.07) is 0. The van der Waals surface area contributed by atoms with Gasteiger partial charge in [0.25, 0.3) is 0 Å². The van der Waals surface area contributed by atoms with Gasteiger partial charge in [0.2, 0.25) is 0 Å². The van der Waals surface area contributed by atoms with Crippen molar-refractivity contribution >= 4 is 12.1 Å². The second-order valence-corrected chi connectivity index (χ2v) is 1.54. The molecule has 2 nitrogen and oxygen atoms in total. The summed E-state index contributed by atoms with van der Waals surface area (Å²) in [5, 5.41) is 0. The van der Waals surface area contributed by atoms with Crippen LogP contribution in [0.2, 0.25) is 0 Å². The molecule has 0 aromatic carbocycles. The number of aldehydes is 1. The molecule has 0 amide bonds. The van der Waals surface area contributed by atoms with Crippen LogP contribution in [0.15, 0.2) is 0 Å². The van der Waals surface area contributed by atoms with E-state index in [1.54, 1.807) is 6.92 Å². The Balaban J connectivity index is 0. The van der Waals surface area contributed by atoms with Crippen LogP contribution in [0.25, 0.3) is 0 Å². The summed E-state index contributed by atoms with van der Waals surface area (Å²) in [5.74, 6) is -0.491. The van der Waals surface area contributed by atoms with Crippen LogP contribution in [0.1, 0.15) is 13.8 Å². The van der Waals surface area contributed by atoms with Crippen LogP contribution in [0.4, 0.5) is 0 Å². The van der Waals surface area contributed by atoms with E-state index in [0.29, 0.717) is 6.29 Å². The van der Waals surface area contributed by atoms with Crippen molar-refractivity contribution < 1.29 is 27.0 Å². The molecule has 0 aliphatic heterocycles. The summed E-state index contributed by atoms with van der Waals surface area (Å²) in [6.45, 7) is 2.98. The zero-order valence-electron chi connectivity index (χ0n) is 4.88. The summed E-state index contributed by atoms with van der Waals surface area (Å²) in [7, 11) is 0. The van der Waals surface area contributed by atoms with Gasteiger partial charge in [0.05, 0.1) is 5.92 Å². The van der Waals surface area contributed by atoms with Gasteiger partial charge >= 0.3 is 0 Å². The molecule has 0 spiro atoms. The van der Waals surface area contributed by atoms with E-state index in [-0.39, 0.29) is 23.1 Å². The van der Waals surface area contributed by atoms with Crippen LogP contribution < -0.4 is 0 Å². The normalized spacial score (nSPS) is 11.2. The summed E-state index contributed by atoms with van der Waals surface area (Å²) in [5.41, 5.74) is 0. The molecule has 3 heteroatoms. The van der Waals surface area contributed by atoms with Gasteiger partial charge in [-0.25, -0.2) is 0 Å². The molecule has 0 aliphatic rings. The zero-order valence-corrected chi connectivity index (χ0v) is 6.15. The summed E-state index contributed by atoms with van der Waals surface area (Å²) < 4.78 is 0. The zero-order chi connectivity index (χ0) is 5.86. The molecular formula is C5H8CrO2. The molecule has 0 rings (SSSR count). The number of ketones is 1. The van der Waals surface area contributed by atoms with Gasteiger partial charge in [-0.1, -0.05) is 0 Å². The first-order chi connectivity index (χ1) is 3.18. The van der Waals surface area contributed by atoms with Crippen molar-refractivity contribution in [3.8, 4) is 0 Å². The van der Waals surface area contributed by atoms with Crippen LogP contribution in [-0.4, -0.2) is 12.1 Å². The van der Waals surface area contributed by atoms with Gasteiger partial charge in [-0.05, 0) is 13.8 Å². The van der Waals surface area contributed by atoms with Gasteiger partial charge < -0.3 is 4.79 Å².